The molecule has 5 aromatic rings. The Morgan fingerprint density at radius 2 is 1.77 bits per heavy atom. The van der Waals surface area contributed by atoms with Gasteiger partial charge in [0.1, 0.15) is 17.9 Å². The topological polar surface area (TPSA) is 79.4 Å². The van der Waals surface area contributed by atoms with E-state index in [1.165, 1.54) is 11.1 Å². The van der Waals surface area contributed by atoms with E-state index in [2.05, 4.69) is 34.5 Å². The molecule has 0 spiro atoms. The number of para-hydroxylation sites is 1. The lowest BCUT2D eigenvalue weighted by Gasteiger charge is -2.13. The van der Waals surface area contributed by atoms with Crippen LogP contribution in [0.3, 0.4) is 0 Å². The molecule has 0 saturated carbocycles. The molecule has 0 aliphatic heterocycles. The molecule has 1 aliphatic rings. The van der Waals surface area contributed by atoms with Gasteiger partial charge in [0.05, 0.1) is 6.61 Å². The third-order valence-electron chi connectivity index (χ3n) is 7.04. The van der Waals surface area contributed by atoms with E-state index >= 15 is 0 Å². The molecule has 1 aliphatic carbocycles. The molecular formula is C31H29N3O4S. The summed E-state index contributed by atoms with van der Waals surface area (Å²) >= 11 is 1.55. The number of ether oxygens (including phenoxy) is 2. The van der Waals surface area contributed by atoms with E-state index in [-0.39, 0.29) is 12.2 Å². The average molecular weight is 540 g/mol. The van der Waals surface area contributed by atoms with Crippen molar-refractivity contribution in [3.63, 3.8) is 0 Å². The Hall–Kier alpha value is -3.88. The van der Waals surface area contributed by atoms with E-state index in [4.69, 9.17) is 13.9 Å². The van der Waals surface area contributed by atoms with Crippen LogP contribution in [-0.4, -0.2) is 28.5 Å². The number of methoxy groups -OCH3 is 1. The van der Waals surface area contributed by atoms with Crippen molar-refractivity contribution in [2.75, 3.05) is 13.7 Å². The Morgan fingerprint density at radius 1 is 0.974 bits per heavy atom. The summed E-state index contributed by atoms with van der Waals surface area (Å²) in [5.41, 5.74) is 6.02. The van der Waals surface area contributed by atoms with Crippen LogP contribution in [0, 0.1) is 0 Å². The molecule has 0 amide bonds. The van der Waals surface area contributed by atoms with E-state index in [1.807, 2.05) is 47.0 Å². The Kier molecular flexibility index (Phi) is 7.47. The Labute approximate surface area is 230 Å². The first kappa shape index (κ1) is 25.4. The largest absolute Gasteiger partial charge is 0.485 e. The summed E-state index contributed by atoms with van der Waals surface area (Å²) in [4.78, 5) is 12.3. The smallest absolute Gasteiger partial charge is 0.336 e. The zero-order valence-corrected chi connectivity index (χ0v) is 22.6. The summed E-state index contributed by atoms with van der Waals surface area (Å²) in [6.07, 6.45) is 3.25. The molecule has 7 nitrogen and oxygen atoms in total. The van der Waals surface area contributed by atoms with Crippen molar-refractivity contribution in [1.29, 1.82) is 0 Å². The van der Waals surface area contributed by atoms with Crippen molar-refractivity contribution in [1.82, 2.24) is 14.8 Å². The molecule has 198 valence electrons. The van der Waals surface area contributed by atoms with Gasteiger partial charge in [0.15, 0.2) is 11.0 Å². The van der Waals surface area contributed by atoms with Crippen molar-refractivity contribution in [2.24, 2.45) is 0 Å². The fraction of sp³-hybridized carbons (Fsp3) is 0.258. The molecule has 2 aromatic heterocycles. The van der Waals surface area contributed by atoms with Crippen LogP contribution in [0.15, 0.2) is 87.2 Å². The zero-order valence-electron chi connectivity index (χ0n) is 21.8. The Bertz CT molecular complexity index is 1660. The van der Waals surface area contributed by atoms with E-state index in [1.54, 1.807) is 24.9 Å². The zero-order chi connectivity index (χ0) is 26.6. The first-order chi connectivity index (χ1) is 19.2. The maximum atomic E-state index is 12.3. The van der Waals surface area contributed by atoms with Crippen molar-refractivity contribution in [3.8, 4) is 16.9 Å². The van der Waals surface area contributed by atoms with Gasteiger partial charge in [0.2, 0.25) is 0 Å². The van der Waals surface area contributed by atoms with Gasteiger partial charge in [-0.2, -0.15) is 0 Å². The lowest BCUT2D eigenvalue weighted by molar-refractivity contribution is 0.181. The minimum absolute atomic E-state index is 0.269. The van der Waals surface area contributed by atoms with Crippen LogP contribution in [0.1, 0.15) is 28.9 Å². The number of hydrogen-bond donors (Lipinski definition) is 0. The lowest BCUT2D eigenvalue weighted by atomic mass is 10.0. The molecule has 39 heavy (non-hydrogen) atoms. The van der Waals surface area contributed by atoms with Crippen LogP contribution >= 0.6 is 11.8 Å². The van der Waals surface area contributed by atoms with Gasteiger partial charge < -0.3 is 18.5 Å². The minimum atomic E-state index is -0.330. The average Bonchev–Trinajstić information content (AvgIpc) is 3.59. The van der Waals surface area contributed by atoms with Gasteiger partial charge >= 0.3 is 5.63 Å². The highest BCUT2D eigenvalue weighted by atomic mass is 32.2. The van der Waals surface area contributed by atoms with Crippen LogP contribution in [0.2, 0.25) is 0 Å². The SMILES string of the molecule is COCCn1c(COc2ccccc2-c2ccccc2)nnc1SCc1cc(=O)oc2cc3c(cc12)CCC3. The van der Waals surface area contributed by atoms with Gasteiger partial charge in [-0.3, -0.25) is 0 Å². The number of fused-ring (bicyclic) bond motifs is 2. The number of rotatable bonds is 10. The standard InChI is InChI=1S/C31H29N3O4S/c1-36-15-14-34-29(19-37-27-13-6-5-12-25(27)21-8-3-2-4-9-21)32-33-31(34)39-20-24-18-30(35)38-28-17-23-11-7-10-22(23)16-26(24)28/h2-6,8-9,12-13,16-18H,7,10-11,14-15,19-20H2,1H3. The van der Waals surface area contributed by atoms with Crippen LogP contribution < -0.4 is 10.4 Å². The highest BCUT2D eigenvalue weighted by molar-refractivity contribution is 7.98. The molecule has 0 bridgehead atoms. The van der Waals surface area contributed by atoms with E-state index in [0.717, 1.165) is 52.2 Å². The maximum absolute atomic E-state index is 12.3. The van der Waals surface area contributed by atoms with Gasteiger partial charge in [-0.25, -0.2) is 4.79 Å². The van der Waals surface area contributed by atoms with Crippen LogP contribution in [-0.2, 0) is 36.5 Å². The molecule has 2 heterocycles. The monoisotopic (exact) mass is 539 g/mol. The summed E-state index contributed by atoms with van der Waals surface area (Å²) in [6, 6.07) is 24.0. The minimum Gasteiger partial charge on any atom is -0.485 e. The van der Waals surface area contributed by atoms with Gasteiger partial charge in [-0.15, -0.1) is 10.2 Å². The summed E-state index contributed by atoms with van der Waals surface area (Å²) in [7, 11) is 1.68. The number of aryl methyl sites for hydroxylation is 2. The maximum Gasteiger partial charge on any atom is 0.336 e. The third-order valence-corrected chi connectivity index (χ3v) is 8.06. The molecule has 3 aromatic carbocycles. The molecule has 0 radical (unpaired) electrons. The van der Waals surface area contributed by atoms with Gasteiger partial charge in [-0.1, -0.05) is 60.3 Å². The highest BCUT2D eigenvalue weighted by Crippen LogP contribution is 2.32. The number of nitrogens with zero attached hydrogens (tertiary/aromatic N) is 3. The normalized spacial score (nSPS) is 12.6. The van der Waals surface area contributed by atoms with Crippen molar-refractivity contribution < 1.29 is 13.9 Å². The molecule has 6 rings (SSSR count). The summed E-state index contributed by atoms with van der Waals surface area (Å²) in [5.74, 6) is 2.07. The van der Waals surface area contributed by atoms with Gasteiger partial charge in [0, 0.05) is 36.4 Å². The number of hydrogen-bond acceptors (Lipinski definition) is 7. The van der Waals surface area contributed by atoms with Crippen LogP contribution in [0.4, 0.5) is 0 Å². The molecule has 0 fully saturated rings. The summed E-state index contributed by atoms with van der Waals surface area (Å²) < 4.78 is 19.2. The van der Waals surface area contributed by atoms with E-state index in [9.17, 15) is 4.79 Å². The summed E-state index contributed by atoms with van der Waals surface area (Å²) in [5, 5.41) is 10.7. The highest BCUT2D eigenvalue weighted by Gasteiger charge is 2.18. The summed E-state index contributed by atoms with van der Waals surface area (Å²) in [6.45, 7) is 1.38. The molecule has 0 atom stereocenters. The van der Waals surface area contributed by atoms with Crippen molar-refractivity contribution >= 4 is 22.7 Å². The van der Waals surface area contributed by atoms with Gasteiger partial charge in [0.25, 0.3) is 0 Å². The predicted molar refractivity (Wildman–Crippen MR) is 152 cm³/mol. The Balaban J connectivity index is 1.24. The first-order valence-corrected chi connectivity index (χ1v) is 14.1. The quantitative estimate of drug-likeness (QED) is 0.158. The Morgan fingerprint density at radius 3 is 2.62 bits per heavy atom. The number of thioether (sulfide) groups is 1. The fourth-order valence-electron chi connectivity index (χ4n) is 5.09. The number of benzene rings is 3. The van der Waals surface area contributed by atoms with Crippen molar-refractivity contribution in [2.45, 2.75) is 43.3 Å². The van der Waals surface area contributed by atoms with Crippen LogP contribution in [0.5, 0.6) is 5.75 Å². The second-order valence-electron chi connectivity index (χ2n) is 9.54. The third kappa shape index (κ3) is 5.48. The molecule has 8 heteroatoms. The molecule has 0 N–H and O–H groups in total. The molecule has 0 unspecified atom stereocenters. The number of aromatic nitrogens is 3. The first-order valence-electron chi connectivity index (χ1n) is 13.1. The second-order valence-corrected chi connectivity index (χ2v) is 10.5. The molecular weight excluding hydrogens is 510 g/mol. The van der Waals surface area contributed by atoms with E-state index in [0.29, 0.717) is 30.3 Å². The van der Waals surface area contributed by atoms with Gasteiger partial charge in [-0.05, 0) is 59.7 Å². The fourth-order valence-corrected chi connectivity index (χ4v) is 6.06. The lowest BCUT2D eigenvalue weighted by Crippen LogP contribution is -2.12. The second kappa shape index (κ2) is 11.5. The van der Waals surface area contributed by atoms with Crippen LogP contribution in [0.25, 0.3) is 22.1 Å². The van der Waals surface area contributed by atoms with Crippen molar-refractivity contribution in [3.05, 3.63) is 106 Å². The predicted octanol–water partition coefficient (Wildman–Crippen LogP) is 6.06. The van der Waals surface area contributed by atoms with E-state index < -0.39 is 0 Å². The molecule has 0 saturated heterocycles.